The monoisotopic (exact) mass is 304 g/mol. The number of fused-ring (bicyclic) bond motifs is 3. The van der Waals surface area contributed by atoms with Gasteiger partial charge < -0.3 is 23.7 Å². The predicted molar refractivity (Wildman–Crippen MR) is 78.7 cm³/mol. The van der Waals surface area contributed by atoms with E-state index in [2.05, 4.69) is 6.58 Å². The van der Waals surface area contributed by atoms with Gasteiger partial charge in [0.2, 0.25) is 0 Å². The largest absolute Gasteiger partial charge is 0.497 e. The van der Waals surface area contributed by atoms with Gasteiger partial charge in [0.1, 0.15) is 30.2 Å². The summed E-state index contributed by atoms with van der Waals surface area (Å²) < 4.78 is 28.9. The first kappa shape index (κ1) is 14.2. The van der Waals surface area contributed by atoms with E-state index in [1.807, 2.05) is 30.3 Å². The second kappa shape index (κ2) is 5.66. The minimum absolute atomic E-state index is 0.0630. The summed E-state index contributed by atoms with van der Waals surface area (Å²) in [6.45, 7) is 4.28. The van der Waals surface area contributed by atoms with Crippen LogP contribution in [0.25, 0.3) is 0 Å². The lowest BCUT2D eigenvalue weighted by Gasteiger charge is -2.39. The summed E-state index contributed by atoms with van der Waals surface area (Å²) in [6.07, 6.45) is 2.49. The highest BCUT2D eigenvalue weighted by Gasteiger charge is 2.59. The van der Waals surface area contributed by atoms with Crippen LogP contribution in [0.2, 0.25) is 0 Å². The van der Waals surface area contributed by atoms with Gasteiger partial charge >= 0.3 is 0 Å². The van der Waals surface area contributed by atoms with E-state index in [4.69, 9.17) is 23.7 Å². The summed E-state index contributed by atoms with van der Waals surface area (Å²) in [4.78, 5) is 0. The van der Waals surface area contributed by atoms with E-state index in [-0.39, 0.29) is 36.8 Å². The van der Waals surface area contributed by atoms with Gasteiger partial charge in [-0.3, -0.25) is 0 Å². The molecule has 1 unspecified atom stereocenters. The fraction of sp³-hybridized carbons (Fsp3) is 0.529. The second-order valence-electron chi connectivity index (χ2n) is 5.84. The number of hydrogen-bond donors (Lipinski definition) is 0. The normalized spacial score (nSPS) is 39.5. The first-order valence-electron chi connectivity index (χ1n) is 7.63. The molecule has 118 valence electrons. The van der Waals surface area contributed by atoms with Crippen LogP contribution >= 0.6 is 0 Å². The van der Waals surface area contributed by atoms with E-state index >= 15 is 0 Å². The van der Waals surface area contributed by atoms with Gasteiger partial charge in [-0.1, -0.05) is 18.2 Å². The van der Waals surface area contributed by atoms with Crippen LogP contribution in [0.3, 0.4) is 0 Å². The molecule has 4 rings (SSSR count). The summed E-state index contributed by atoms with van der Waals surface area (Å²) >= 11 is 0. The third-order valence-corrected chi connectivity index (χ3v) is 4.45. The zero-order valence-electron chi connectivity index (χ0n) is 12.5. The summed E-state index contributed by atoms with van der Waals surface area (Å²) in [5.74, 6) is 0.816. The van der Waals surface area contributed by atoms with Crippen molar-refractivity contribution in [2.75, 3.05) is 13.7 Å². The predicted octanol–water partition coefficient (Wildman–Crippen LogP) is 2.22. The maximum absolute atomic E-state index is 6.09. The van der Waals surface area contributed by atoms with Crippen molar-refractivity contribution in [1.82, 2.24) is 0 Å². The van der Waals surface area contributed by atoms with Crippen LogP contribution in [-0.4, -0.2) is 44.2 Å². The van der Waals surface area contributed by atoms with Crippen LogP contribution in [-0.2, 0) is 18.9 Å². The molecule has 3 heterocycles. The molecule has 3 aliphatic rings. The van der Waals surface area contributed by atoms with E-state index in [1.165, 1.54) is 0 Å². The quantitative estimate of drug-likeness (QED) is 0.630. The molecule has 0 saturated carbocycles. The molecular weight excluding hydrogens is 284 g/mol. The van der Waals surface area contributed by atoms with Gasteiger partial charge in [0.05, 0.1) is 19.8 Å². The van der Waals surface area contributed by atoms with Crippen molar-refractivity contribution < 1.29 is 23.7 Å². The first-order valence-corrected chi connectivity index (χ1v) is 7.63. The van der Waals surface area contributed by atoms with Gasteiger partial charge in [-0.2, -0.15) is 0 Å². The van der Waals surface area contributed by atoms with Crippen molar-refractivity contribution in [2.45, 2.75) is 43.2 Å². The Hall–Kier alpha value is -1.40. The Balaban J connectivity index is 1.45. The average molecular weight is 304 g/mol. The smallest absolute Gasteiger partial charge is 0.184 e. The van der Waals surface area contributed by atoms with Gasteiger partial charge in [-0.25, -0.2) is 0 Å². The molecule has 22 heavy (non-hydrogen) atoms. The molecule has 1 aromatic rings. The van der Waals surface area contributed by atoms with Crippen LogP contribution in [0.1, 0.15) is 18.3 Å². The highest BCUT2D eigenvalue weighted by atomic mass is 16.7. The molecule has 0 radical (unpaired) electrons. The molecule has 0 N–H and O–H groups in total. The molecule has 6 atom stereocenters. The maximum Gasteiger partial charge on any atom is 0.184 e. The molecule has 3 fully saturated rings. The zero-order chi connectivity index (χ0) is 15.1. The number of ether oxygens (including phenoxy) is 5. The van der Waals surface area contributed by atoms with E-state index in [9.17, 15) is 0 Å². The molecule has 0 aromatic heterocycles. The summed E-state index contributed by atoms with van der Waals surface area (Å²) in [5, 5.41) is 0. The fourth-order valence-electron chi connectivity index (χ4n) is 3.24. The third kappa shape index (κ3) is 2.44. The first-order chi connectivity index (χ1) is 10.8. The van der Waals surface area contributed by atoms with Crippen LogP contribution in [0.4, 0.5) is 0 Å². The molecule has 0 spiro atoms. The fourth-order valence-corrected chi connectivity index (χ4v) is 3.24. The number of epoxide rings is 1. The zero-order valence-corrected chi connectivity index (χ0v) is 12.5. The summed E-state index contributed by atoms with van der Waals surface area (Å²) in [6, 6.07) is 7.72. The van der Waals surface area contributed by atoms with Gasteiger partial charge in [-0.05, 0) is 18.6 Å². The Morgan fingerprint density at radius 3 is 2.68 bits per heavy atom. The number of benzene rings is 1. The maximum atomic E-state index is 6.09. The van der Waals surface area contributed by atoms with E-state index in [0.717, 1.165) is 17.7 Å². The Morgan fingerprint density at radius 1 is 1.14 bits per heavy atom. The highest BCUT2D eigenvalue weighted by Crippen LogP contribution is 2.44. The van der Waals surface area contributed by atoms with Crippen molar-refractivity contribution in [3.63, 3.8) is 0 Å². The Labute approximate surface area is 129 Å². The Bertz CT molecular complexity index is 542. The standard InChI is InChI=1S/C17H20O5/c1-3-4-12-14-16(21-14)15-13(20-12)9-19-17(22-15)10-5-7-11(18-2)8-6-10/h3,5-8,12-17H,1,4,9H2,2H3/t12-,13-,14+,15-,16+,17?/m1/s1. The minimum Gasteiger partial charge on any atom is -0.497 e. The Kier molecular flexibility index (Phi) is 3.66. The third-order valence-electron chi connectivity index (χ3n) is 4.45. The van der Waals surface area contributed by atoms with Crippen molar-refractivity contribution in [3.8, 4) is 5.75 Å². The second-order valence-corrected chi connectivity index (χ2v) is 5.84. The lowest BCUT2D eigenvalue weighted by atomic mass is 9.98. The van der Waals surface area contributed by atoms with Gasteiger partial charge in [-0.15, -0.1) is 6.58 Å². The van der Waals surface area contributed by atoms with Gasteiger partial charge in [0, 0.05) is 5.56 Å². The molecule has 5 nitrogen and oxygen atoms in total. The molecule has 0 amide bonds. The molecule has 0 aliphatic carbocycles. The molecule has 3 aliphatic heterocycles. The van der Waals surface area contributed by atoms with Crippen LogP contribution in [0.15, 0.2) is 36.9 Å². The lowest BCUT2D eigenvalue weighted by Crippen LogP contribution is -2.52. The van der Waals surface area contributed by atoms with Crippen molar-refractivity contribution in [2.24, 2.45) is 0 Å². The molecule has 1 aromatic carbocycles. The van der Waals surface area contributed by atoms with Gasteiger partial charge in [0.15, 0.2) is 6.29 Å². The molecular formula is C17H20O5. The van der Waals surface area contributed by atoms with E-state index in [0.29, 0.717) is 6.61 Å². The minimum atomic E-state index is -0.378. The molecule has 5 heteroatoms. The van der Waals surface area contributed by atoms with E-state index in [1.54, 1.807) is 7.11 Å². The lowest BCUT2D eigenvalue weighted by molar-refractivity contribution is -0.281. The molecule has 3 saturated heterocycles. The average Bonchev–Trinajstić information content (AvgIpc) is 3.36. The summed E-state index contributed by atoms with van der Waals surface area (Å²) in [5.41, 5.74) is 0.977. The van der Waals surface area contributed by atoms with E-state index < -0.39 is 0 Å². The summed E-state index contributed by atoms with van der Waals surface area (Å²) in [7, 11) is 1.65. The van der Waals surface area contributed by atoms with Crippen LogP contribution in [0, 0.1) is 0 Å². The number of hydrogen-bond acceptors (Lipinski definition) is 5. The highest BCUT2D eigenvalue weighted by molar-refractivity contribution is 5.28. The van der Waals surface area contributed by atoms with Crippen molar-refractivity contribution in [1.29, 1.82) is 0 Å². The van der Waals surface area contributed by atoms with Crippen molar-refractivity contribution in [3.05, 3.63) is 42.5 Å². The van der Waals surface area contributed by atoms with Gasteiger partial charge in [0.25, 0.3) is 0 Å². The van der Waals surface area contributed by atoms with Crippen molar-refractivity contribution >= 4 is 0 Å². The SMILES string of the molecule is C=CC[C@H]1O[C@@H]2COC(c3ccc(OC)cc3)O[C@H]2[C@H]2O[C@H]21. The number of methoxy groups -OCH3 is 1. The number of rotatable bonds is 4. The van der Waals surface area contributed by atoms with Crippen LogP contribution < -0.4 is 4.74 Å². The van der Waals surface area contributed by atoms with Crippen LogP contribution in [0.5, 0.6) is 5.75 Å². The Morgan fingerprint density at radius 2 is 1.95 bits per heavy atom. The topological polar surface area (TPSA) is 49.5 Å². The molecule has 0 bridgehead atoms.